The number of fused-ring (bicyclic) bond motifs is 4. The Morgan fingerprint density at radius 1 is 1.26 bits per heavy atom. The van der Waals surface area contributed by atoms with E-state index in [2.05, 4.69) is 19.2 Å². The van der Waals surface area contributed by atoms with Gasteiger partial charge in [-0.15, -0.1) is 0 Å². The van der Waals surface area contributed by atoms with Gasteiger partial charge in [-0.25, -0.2) is 0 Å². The molecule has 2 aromatic rings. The van der Waals surface area contributed by atoms with Crippen LogP contribution in [-0.4, -0.2) is 60.3 Å². The van der Waals surface area contributed by atoms with Crippen LogP contribution in [0.25, 0.3) is 0 Å². The molecule has 1 fully saturated rings. The van der Waals surface area contributed by atoms with Crippen molar-refractivity contribution < 1.29 is 34.0 Å². The smallest absolute Gasteiger partial charge is 0.313 e. The molecule has 5 atom stereocenters. The summed E-state index contributed by atoms with van der Waals surface area (Å²) < 4.78 is 23.4. The third kappa shape index (κ3) is 4.83. The summed E-state index contributed by atoms with van der Waals surface area (Å²) in [4.78, 5) is 11.9. The number of aliphatic hydroxyl groups excluding tert-OH is 1. The molecule has 1 unspecified atom stereocenters. The van der Waals surface area contributed by atoms with Gasteiger partial charge in [0.15, 0.2) is 11.5 Å². The fourth-order valence-corrected chi connectivity index (χ4v) is 6.15. The maximum Gasteiger partial charge on any atom is 0.313 e. The Kier molecular flexibility index (Phi) is 7.05. The van der Waals surface area contributed by atoms with Crippen LogP contribution < -0.4 is 19.5 Å². The molecule has 1 saturated carbocycles. The van der Waals surface area contributed by atoms with Crippen LogP contribution in [0.2, 0.25) is 5.02 Å². The molecule has 2 aromatic carbocycles. The molecule has 206 valence electrons. The quantitative estimate of drug-likeness (QED) is 0.403. The molecule has 0 radical (unpaired) electrons. The fraction of sp³-hybridized carbons (Fsp3) is 0.552. The molecular formula is C29H36ClNO7. The lowest BCUT2D eigenvalue weighted by Crippen LogP contribution is -2.46. The SMILES string of the molecule is Cc1cc(Cl)c([C@@H](C)OC[C@H](O)CNC(C)(C)Cc2ccc3c(c2)OCCO3)c2c1OC1[C@@H]2[C@]1(C)C(=O)O. The van der Waals surface area contributed by atoms with Crippen LogP contribution in [0, 0.1) is 12.3 Å². The van der Waals surface area contributed by atoms with Gasteiger partial charge < -0.3 is 34.5 Å². The fourth-order valence-electron chi connectivity index (χ4n) is 5.73. The first kappa shape index (κ1) is 27.1. The van der Waals surface area contributed by atoms with Gasteiger partial charge in [0.05, 0.1) is 18.8 Å². The average Bonchev–Trinajstić information content (AvgIpc) is 3.24. The average molecular weight is 546 g/mol. The number of benzene rings is 2. The number of ether oxygens (including phenoxy) is 4. The van der Waals surface area contributed by atoms with Crippen molar-refractivity contribution in [3.63, 3.8) is 0 Å². The highest BCUT2D eigenvalue weighted by Crippen LogP contribution is 2.69. The van der Waals surface area contributed by atoms with Gasteiger partial charge in [0.1, 0.15) is 30.5 Å². The molecule has 3 aliphatic rings. The molecule has 1 aliphatic carbocycles. The first-order valence-corrected chi connectivity index (χ1v) is 13.5. The van der Waals surface area contributed by atoms with E-state index in [1.165, 1.54) is 0 Å². The number of hydrogen-bond donors (Lipinski definition) is 3. The van der Waals surface area contributed by atoms with Crippen LogP contribution in [0.3, 0.4) is 0 Å². The monoisotopic (exact) mass is 545 g/mol. The number of halogens is 1. The molecule has 0 aromatic heterocycles. The Balaban J connectivity index is 1.19. The summed E-state index contributed by atoms with van der Waals surface area (Å²) in [6, 6.07) is 7.81. The highest BCUT2D eigenvalue weighted by Gasteiger charge is 2.74. The van der Waals surface area contributed by atoms with Crippen LogP contribution in [0.1, 0.15) is 62.0 Å². The topological polar surface area (TPSA) is 106 Å². The Hall–Kier alpha value is -2.52. The third-order valence-corrected chi connectivity index (χ3v) is 8.27. The molecule has 38 heavy (non-hydrogen) atoms. The molecule has 0 spiro atoms. The largest absolute Gasteiger partial charge is 0.488 e. The molecule has 5 rings (SSSR count). The van der Waals surface area contributed by atoms with Gasteiger partial charge in [-0.05, 0) is 70.4 Å². The van der Waals surface area contributed by atoms with Crippen molar-refractivity contribution in [1.82, 2.24) is 5.32 Å². The number of aryl methyl sites for hydroxylation is 1. The first-order chi connectivity index (χ1) is 17.9. The number of aliphatic carboxylic acids is 1. The summed E-state index contributed by atoms with van der Waals surface area (Å²) in [5, 5.41) is 24.4. The van der Waals surface area contributed by atoms with Crippen LogP contribution in [0.4, 0.5) is 0 Å². The van der Waals surface area contributed by atoms with Crippen LogP contribution in [0.5, 0.6) is 17.2 Å². The van der Waals surface area contributed by atoms with E-state index in [0.717, 1.165) is 40.2 Å². The maximum absolute atomic E-state index is 11.9. The van der Waals surface area contributed by atoms with E-state index in [9.17, 15) is 15.0 Å². The van der Waals surface area contributed by atoms with Crippen LogP contribution >= 0.6 is 11.6 Å². The minimum atomic E-state index is -0.967. The predicted octanol–water partition coefficient (Wildman–Crippen LogP) is 4.42. The zero-order chi connectivity index (χ0) is 27.4. The number of rotatable bonds is 10. The lowest BCUT2D eigenvalue weighted by Gasteiger charge is -2.29. The van der Waals surface area contributed by atoms with Crippen molar-refractivity contribution in [2.45, 2.75) is 70.8 Å². The second kappa shape index (κ2) is 9.90. The van der Waals surface area contributed by atoms with Crippen molar-refractivity contribution in [3.05, 3.63) is 51.5 Å². The molecule has 2 aliphatic heterocycles. The summed E-state index contributed by atoms with van der Waals surface area (Å²) in [5.74, 6) is 1.09. The Labute approximate surface area is 228 Å². The normalized spacial score (nSPS) is 24.7. The summed E-state index contributed by atoms with van der Waals surface area (Å²) in [7, 11) is 0. The number of carboxylic acid groups (broad SMARTS) is 1. The number of hydrogen-bond acceptors (Lipinski definition) is 7. The lowest BCUT2D eigenvalue weighted by molar-refractivity contribution is -0.144. The summed E-state index contributed by atoms with van der Waals surface area (Å²) >= 11 is 6.65. The zero-order valence-electron chi connectivity index (χ0n) is 22.5. The Bertz CT molecular complexity index is 1250. The van der Waals surface area contributed by atoms with E-state index < -0.39 is 29.7 Å². The van der Waals surface area contributed by atoms with Crippen molar-refractivity contribution in [2.24, 2.45) is 5.41 Å². The molecule has 0 saturated heterocycles. The Morgan fingerprint density at radius 2 is 1.97 bits per heavy atom. The Morgan fingerprint density at radius 3 is 2.68 bits per heavy atom. The second-order valence-electron chi connectivity index (χ2n) is 11.5. The van der Waals surface area contributed by atoms with E-state index in [-0.39, 0.29) is 18.1 Å². The van der Waals surface area contributed by atoms with E-state index in [1.807, 2.05) is 38.1 Å². The standard InChI is InChI=1S/C29H36ClNO7/c1-15-10-19(30)22(23-24-26(38-25(15)23)29(24,5)27(33)34)16(2)37-14-18(32)13-31-28(3,4)12-17-6-7-20-21(11-17)36-9-8-35-20/h6-7,10-11,16,18,24,26,31-32H,8-9,12-14H2,1-5H3,(H,33,34)/t16-,18-,24-,26?,29+/m1/s1. The minimum absolute atomic E-state index is 0.0956. The van der Waals surface area contributed by atoms with E-state index in [4.69, 9.17) is 30.5 Å². The predicted molar refractivity (Wildman–Crippen MR) is 143 cm³/mol. The van der Waals surface area contributed by atoms with Crippen LogP contribution in [0.15, 0.2) is 24.3 Å². The van der Waals surface area contributed by atoms with Crippen molar-refractivity contribution in [1.29, 1.82) is 0 Å². The number of carboxylic acids is 1. The van der Waals surface area contributed by atoms with Gasteiger partial charge in [0.2, 0.25) is 0 Å². The van der Waals surface area contributed by atoms with E-state index in [0.29, 0.717) is 30.5 Å². The highest BCUT2D eigenvalue weighted by atomic mass is 35.5. The van der Waals surface area contributed by atoms with Gasteiger partial charge in [0, 0.05) is 34.2 Å². The molecule has 3 N–H and O–H groups in total. The van der Waals surface area contributed by atoms with Crippen molar-refractivity contribution in [3.8, 4) is 17.2 Å². The summed E-state index contributed by atoms with van der Waals surface area (Å²) in [6.45, 7) is 11.2. The van der Waals surface area contributed by atoms with Crippen molar-refractivity contribution in [2.75, 3.05) is 26.4 Å². The lowest BCUT2D eigenvalue weighted by atomic mass is 9.91. The van der Waals surface area contributed by atoms with Crippen molar-refractivity contribution >= 4 is 17.6 Å². The van der Waals surface area contributed by atoms with Crippen LogP contribution in [-0.2, 0) is 16.0 Å². The minimum Gasteiger partial charge on any atom is -0.488 e. The number of nitrogens with one attached hydrogen (secondary N) is 1. The molecular weight excluding hydrogens is 510 g/mol. The molecule has 2 heterocycles. The van der Waals surface area contributed by atoms with Gasteiger partial charge in [-0.1, -0.05) is 17.7 Å². The van der Waals surface area contributed by atoms with Gasteiger partial charge in [-0.2, -0.15) is 0 Å². The molecule has 0 amide bonds. The summed E-state index contributed by atoms with van der Waals surface area (Å²) in [5.41, 5.74) is 2.31. The third-order valence-electron chi connectivity index (χ3n) is 7.95. The molecule has 8 nitrogen and oxygen atoms in total. The summed E-state index contributed by atoms with van der Waals surface area (Å²) in [6.07, 6.45) is -0.852. The molecule has 9 heteroatoms. The number of carbonyl (C=O) groups is 1. The zero-order valence-corrected chi connectivity index (χ0v) is 23.2. The highest BCUT2D eigenvalue weighted by molar-refractivity contribution is 6.31. The second-order valence-corrected chi connectivity index (χ2v) is 11.9. The van der Waals surface area contributed by atoms with E-state index >= 15 is 0 Å². The van der Waals surface area contributed by atoms with Gasteiger partial charge >= 0.3 is 5.97 Å². The van der Waals surface area contributed by atoms with Gasteiger partial charge in [-0.3, -0.25) is 4.79 Å². The van der Waals surface area contributed by atoms with E-state index in [1.54, 1.807) is 6.92 Å². The van der Waals surface area contributed by atoms with Gasteiger partial charge in [0.25, 0.3) is 0 Å². The number of β-amino-alcohol motifs (C(OH)–C–C–N with tert-alkyl or cyclic N) is 1. The maximum atomic E-state index is 11.9. The molecule has 0 bridgehead atoms. The first-order valence-electron chi connectivity index (χ1n) is 13.1. The number of aliphatic hydroxyl groups is 1.